The van der Waals surface area contributed by atoms with Crippen molar-refractivity contribution in [2.24, 2.45) is 4.99 Å². The molecule has 2 rings (SSSR count). The van der Waals surface area contributed by atoms with Crippen LogP contribution in [-0.2, 0) is 0 Å². The fraction of sp³-hybridized carbons (Fsp3) is 0.350. The van der Waals surface area contributed by atoms with Crippen LogP contribution in [0.2, 0.25) is 0 Å². The predicted molar refractivity (Wildman–Crippen MR) is 103 cm³/mol. The Hall–Kier alpha value is -2.49. The summed E-state index contributed by atoms with van der Waals surface area (Å²) < 4.78 is 0. The molecule has 4 heteroatoms. The number of hydrogen-bond donors (Lipinski definition) is 0. The number of hydrogen-bond acceptors (Lipinski definition) is 3. The summed E-state index contributed by atoms with van der Waals surface area (Å²) in [5.74, 6) is 0. The lowest BCUT2D eigenvalue weighted by molar-refractivity contribution is -0.418. The van der Waals surface area contributed by atoms with E-state index >= 15 is 0 Å². The quantitative estimate of drug-likeness (QED) is 0.425. The highest BCUT2D eigenvalue weighted by Crippen LogP contribution is 2.07. The second-order valence-electron chi connectivity index (χ2n) is 5.08. The van der Waals surface area contributed by atoms with Crippen molar-refractivity contribution >= 4 is 5.71 Å². The van der Waals surface area contributed by atoms with Gasteiger partial charge >= 0.3 is 0 Å². The van der Waals surface area contributed by atoms with Crippen molar-refractivity contribution in [3.05, 3.63) is 81.1 Å². The monoisotopic (exact) mass is 328 g/mol. The molecule has 0 aliphatic carbocycles. The third kappa shape index (κ3) is 8.22. The van der Waals surface area contributed by atoms with Gasteiger partial charge in [0.05, 0.1) is 17.2 Å². The topological polar surface area (TPSA) is 55.5 Å². The lowest BCUT2D eigenvalue weighted by Gasteiger charge is -1.98. The van der Waals surface area contributed by atoms with Crippen LogP contribution in [0.3, 0.4) is 0 Å². The Morgan fingerprint density at radius 2 is 1.88 bits per heavy atom. The molecule has 1 aliphatic rings. The highest BCUT2D eigenvalue weighted by molar-refractivity contribution is 6.05. The van der Waals surface area contributed by atoms with E-state index in [-0.39, 0.29) is 5.70 Å². The molecule has 1 heterocycles. The molecular formula is C20H28N2O2. The van der Waals surface area contributed by atoms with E-state index < -0.39 is 4.92 Å². The molecule has 0 amide bonds. The molecule has 0 atom stereocenters. The number of rotatable bonds is 3. The number of nitro groups is 1. The molecule has 4 nitrogen and oxygen atoms in total. The average molecular weight is 328 g/mol. The van der Waals surface area contributed by atoms with E-state index in [4.69, 9.17) is 0 Å². The van der Waals surface area contributed by atoms with Crippen molar-refractivity contribution in [1.29, 1.82) is 0 Å². The summed E-state index contributed by atoms with van der Waals surface area (Å²) in [5.41, 5.74) is 4.83. The molecule has 0 N–H and O–H groups in total. The van der Waals surface area contributed by atoms with Gasteiger partial charge in [-0.15, -0.1) is 0 Å². The first-order valence-electron chi connectivity index (χ1n) is 8.17. The second-order valence-corrected chi connectivity index (χ2v) is 5.08. The standard InChI is InChI=1S/C9H10N2O2.C9H12.C2H6/c1-2-4-9(11(12)13)7-8-5-3-6-10-8;1-7-4-5-8(2)9(3)6-7;1-2/h2-5,7H,6H2,1H3;4-6H,1-3H3;1-2H3/b4-2-,9-7+;;. The first kappa shape index (κ1) is 21.5. The summed E-state index contributed by atoms with van der Waals surface area (Å²) in [6.45, 7) is 12.7. The van der Waals surface area contributed by atoms with Crippen LogP contribution >= 0.6 is 0 Å². The predicted octanol–water partition coefficient (Wildman–Crippen LogP) is 5.37. The molecule has 0 saturated heterocycles. The van der Waals surface area contributed by atoms with Gasteiger partial charge in [0.25, 0.3) is 5.70 Å². The molecule has 1 aromatic carbocycles. The Morgan fingerprint density at radius 3 is 2.29 bits per heavy atom. The Bertz CT molecular complexity index is 654. The molecule has 0 fully saturated rings. The van der Waals surface area contributed by atoms with E-state index in [0.717, 1.165) is 0 Å². The summed E-state index contributed by atoms with van der Waals surface area (Å²) in [6.07, 6.45) is 8.18. The molecule has 0 unspecified atom stereocenters. The smallest absolute Gasteiger partial charge is 0.271 e. The highest BCUT2D eigenvalue weighted by Gasteiger charge is 2.07. The summed E-state index contributed by atoms with van der Waals surface area (Å²) in [6, 6.07) is 6.50. The molecule has 130 valence electrons. The van der Waals surface area contributed by atoms with Crippen molar-refractivity contribution in [3.8, 4) is 0 Å². The zero-order chi connectivity index (χ0) is 18.5. The van der Waals surface area contributed by atoms with Gasteiger partial charge in [-0.05, 0) is 44.9 Å². The third-order valence-corrected chi connectivity index (χ3v) is 3.17. The van der Waals surface area contributed by atoms with E-state index in [0.29, 0.717) is 12.3 Å². The van der Waals surface area contributed by atoms with Gasteiger partial charge in [0, 0.05) is 12.2 Å². The molecule has 1 aliphatic heterocycles. The van der Waals surface area contributed by atoms with Crippen molar-refractivity contribution in [2.75, 3.05) is 6.54 Å². The molecule has 0 radical (unpaired) electrons. The minimum atomic E-state index is -0.422. The minimum absolute atomic E-state index is 0.0628. The first-order valence-corrected chi connectivity index (χ1v) is 8.17. The highest BCUT2D eigenvalue weighted by atomic mass is 16.6. The number of aryl methyl sites for hydroxylation is 3. The second kappa shape index (κ2) is 12.0. The van der Waals surface area contributed by atoms with E-state index in [9.17, 15) is 10.1 Å². The zero-order valence-electron chi connectivity index (χ0n) is 15.5. The first-order chi connectivity index (χ1) is 11.4. The Morgan fingerprint density at radius 1 is 1.21 bits per heavy atom. The van der Waals surface area contributed by atoms with Crippen LogP contribution in [0.4, 0.5) is 0 Å². The van der Waals surface area contributed by atoms with E-state index in [1.807, 2.05) is 19.9 Å². The molecule has 0 bridgehead atoms. The largest absolute Gasteiger partial charge is 0.281 e. The van der Waals surface area contributed by atoms with Gasteiger partial charge in [0.1, 0.15) is 0 Å². The lowest BCUT2D eigenvalue weighted by Crippen LogP contribution is -1.98. The number of nitrogens with zero attached hydrogens (tertiary/aromatic N) is 2. The van der Waals surface area contributed by atoms with Gasteiger partial charge in [-0.2, -0.15) is 0 Å². The van der Waals surface area contributed by atoms with Gasteiger partial charge in [-0.1, -0.05) is 49.8 Å². The average Bonchev–Trinajstić information content (AvgIpc) is 3.06. The Balaban J connectivity index is 0.000000420. The lowest BCUT2D eigenvalue weighted by atomic mass is 10.1. The van der Waals surface area contributed by atoms with E-state index in [2.05, 4.69) is 44.0 Å². The van der Waals surface area contributed by atoms with Gasteiger partial charge in [0.15, 0.2) is 0 Å². The minimum Gasteiger partial charge on any atom is -0.281 e. The normalized spacial score (nSPS) is 12.9. The van der Waals surface area contributed by atoms with Crippen LogP contribution in [0.1, 0.15) is 37.5 Å². The maximum Gasteiger partial charge on any atom is 0.271 e. The van der Waals surface area contributed by atoms with Crippen molar-refractivity contribution in [2.45, 2.75) is 41.5 Å². The summed E-state index contributed by atoms with van der Waals surface area (Å²) >= 11 is 0. The van der Waals surface area contributed by atoms with Gasteiger partial charge < -0.3 is 0 Å². The molecule has 1 aromatic rings. The van der Waals surface area contributed by atoms with Gasteiger partial charge in [-0.3, -0.25) is 15.1 Å². The van der Waals surface area contributed by atoms with Gasteiger partial charge in [-0.25, -0.2) is 0 Å². The van der Waals surface area contributed by atoms with E-state index in [1.54, 1.807) is 19.1 Å². The van der Waals surface area contributed by atoms with Crippen LogP contribution in [0, 0.1) is 30.9 Å². The Labute approximate surface area is 145 Å². The summed E-state index contributed by atoms with van der Waals surface area (Å²) in [4.78, 5) is 14.1. The van der Waals surface area contributed by atoms with Crippen LogP contribution in [0.25, 0.3) is 0 Å². The maximum absolute atomic E-state index is 10.5. The van der Waals surface area contributed by atoms with Crippen molar-refractivity contribution < 1.29 is 4.92 Å². The summed E-state index contributed by atoms with van der Waals surface area (Å²) in [7, 11) is 0. The Kier molecular flexibility index (Phi) is 10.8. The number of benzene rings is 1. The fourth-order valence-electron chi connectivity index (χ4n) is 1.85. The molecule has 0 aromatic heterocycles. The van der Waals surface area contributed by atoms with Crippen LogP contribution in [0.5, 0.6) is 0 Å². The van der Waals surface area contributed by atoms with Gasteiger partial charge in [0.2, 0.25) is 0 Å². The fourth-order valence-corrected chi connectivity index (χ4v) is 1.85. The van der Waals surface area contributed by atoms with Crippen LogP contribution in [0.15, 0.2) is 59.3 Å². The van der Waals surface area contributed by atoms with Crippen LogP contribution < -0.4 is 0 Å². The zero-order valence-corrected chi connectivity index (χ0v) is 15.5. The van der Waals surface area contributed by atoms with Crippen molar-refractivity contribution in [3.63, 3.8) is 0 Å². The number of aliphatic imine (C=N–C) groups is 1. The molecule has 0 saturated carbocycles. The molecule has 24 heavy (non-hydrogen) atoms. The molecular weight excluding hydrogens is 300 g/mol. The molecule has 0 spiro atoms. The van der Waals surface area contributed by atoms with Crippen LogP contribution in [-0.4, -0.2) is 17.2 Å². The third-order valence-electron chi connectivity index (χ3n) is 3.17. The maximum atomic E-state index is 10.5. The number of allylic oxidation sites excluding steroid dienone is 4. The SMILES string of the molecule is C/C=C\C(=C/C1=NCC=C1)[N+](=O)[O-].CC.Cc1ccc(C)c(C)c1. The van der Waals surface area contributed by atoms with E-state index in [1.165, 1.54) is 28.8 Å². The summed E-state index contributed by atoms with van der Waals surface area (Å²) in [5, 5.41) is 10.5. The van der Waals surface area contributed by atoms with Crippen molar-refractivity contribution in [1.82, 2.24) is 0 Å².